The van der Waals surface area contributed by atoms with E-state index in [1.165, 1.54) is 17.7 Å². The van der Waals surface area contributed by atoms with Crippen molar-refractivity contribution in [3.05, 3.63) is 90.0 Å². The van der Waals surface area contributed by atoms with Crippen LogP contribution in [0.2, 0.25) is 0 Å². The molecular weight excluding hydrogens is 433 g/mol. The molecule has 2 aromatic carbocycles. The largest absolute Gasteiger partial charge is 0.489 e. The van der Waals surface area contributed by atoms with Gasteiger partial charge in [0.1, 0.15) is 23.8 Å². The molecule has 0 radical (unpaired) electrons. The second-order valence-corrected chi connectivity index (χ2v) is 9.04. The van der Waals surface area contributed by atoms with Gasteiger partial charge in [-0.15, -0.1) is 0 Å². The van der Waals surface area contributed by atoms with Crippen LogP contribution in [0.1, 0.15) is 30.4 Å². The van der Waals surface area contributed by atoms with Gasteiger partial charge in [-0.1, -0.05) is 18.2 Å². The summed E-state index contributed by atoms with van der Waals surface area (Å²) < 4.78 is 25.1. The Balaban J connectivity index is 1.18. The smallest absolute Gasteiger partial charge is 0.415 e. The van der Waals surface area contributed by atoms with E-state index in [2.05, 4.69) is 22.0 Å². The van der Waals surface area contributed by atoms with Crippen molar-refractivity contribution in [2.45, 2.75) is 38.0 Å². The predicted molar refractivity (Wildman–Crippen MR) is 127 cm³/mol. The van der Waals surface area contributed by atoms with E-state index < -0.39 is 5.60 Å². The van der Waals surface area contributed by atoms with Gasteiger partial charge >= 0.3 is 6.09 Å². The molecule has 3 aromatic rings. The average molecular weight is 462 g/mol. The molecule has 2 aliphatic heterocycles. The number of carbonyl (C=O) groups excluding carboxylic acids is 1. The van der Waals surface area contributed by atoms with E-state index >= 15 is 0 Å². The Labute approximate surface area is 198 Å². The molecule has 7 heteroatoms. The maximum Gasteiger partial charge on any atom is 0.415 e. The van der Waals surface area contributed by atoms with Gasteiger partial charge in [0, 0.05) is 43.2 Å². The van der Waals surface area contributed by atoms with Crippen LogP contribution in [0, 0.1) is 5.82 Å². The molecule has 34 heavy (non-hydrogen) atoms. The van der Waals surface area contributed by atoms with Crippen LogP contribution in [0.5, 0.6) is 5.75 Å². The van der Waals surface area contributed by atoms with Gasteiger partial charge in [0.05, 0.1) is 6.54 Å². The SMILES string of the molecule is O=C1O[C@]2(CCCN(Cc3cccc(OCc4cccnc4)c3)CC2)CN1c1ccc(F)cc1. The van der Waals surface area contributed by atoms with Gasteiger partial charge in [0.25, 0.3) is 0 Å². The predicted octanol–water partition coefficient (Wildman–Crippen LogP) is 5.18. The Morgan fingerprint density at radius 3 is 2.71 bits per heavy atom. The van der Waals surface area contributed by atoms with Gasteiger partial charge in [-0.3, -0.25) is 14.8 Å². The maximum absolute atomic E-state index is 13.3. The number of carbonyl (C=O) groups is 1. The van der Waals surface area contributed by atoms with Gasteiger partial charge in [-0.25, -0.2) is 9.18 Å². The zero-order valence-corrected chi connectivity index (χ0v) is 19.0. The van der Waals surface area contributed by atoms with E-state index in [-0.39, 0.29) is 11.9 Å². The average Bonchev–Trinajstić information content (AvgIpc) is 3.06. The Kier molecular flexibility index (Phi) is 6.45. The molecule has 1 atom stereocenters. The molecule has 0 unspecified atom stereocenters. The van der Waals surface area contributed by atoms with Crippen molar-refractivity contribution >= 4 is 11.8 Å². The van der Waals surface area contributed by atoms with Crippen LogP contribution >= 0.6 is 0 Å². The summed E-state index contributed by atoms with van der Waals surface area (Å²) in [5, 5.41) is 0. The molecule has 3 heterocycles. The highest BCUT2D eigenvalue weighted by Crippen LogP contribution is 2.36. The Morgan fingerprint density at radius 1 is 1.03 bits per heavy atom. The summed E-state index contributed by atoms with van der Waals surface area (Å²) in [5.74, 6) is 0.523. The van der Waals surface area contributed by atoms with E-state index in [0.717, 1.165) is 50.2 Å². The number of anilines is 1. The van der Waals surface area contributed by atoms with Crippen molar-refractivity contribution in [3.63, 3.8) is 0 Å². The molecule has 0 saturated carbocycles. The van der Waals surface area contributed by atoms with Crippen molar-refractivity contribution in [1.29, 1.82) is 0 Å². The number of hydrogen-bond acceptors (Lipinski definition) is 5. The molecule has 2 aliphatic rings. The fraction of sp³-hybridized carbons (Fsp3) is 0.333. The van der Waals surface area contributed by atoms with Crippen molar-refractivity contribution in [2.75, 3.05) is 24.5 Å². The summed E-state index contributed by atoms with van der Waals surface area (Å²) in [6.07, 6.45) is 5.75. The third kappa shape index (κ3) is 5.20. The van der Waals surface area contributed by atoms with Gasteiger partial charge in [0.15, 0.2) is 0 Å². The summed E-state index contributed by atoms with van der Waals surface area (Å²) in [7, 11) is 0. The number of nitrogens with zero attached hydrogens (tertiary/aromatic N) is 3. The van der Waals surface area contributed by atoms with Crippen LogP contribution in [0.4, 0.5) is 14.9 Å². The van der Waals surface area contributed by atoms with E-state index in [1.807, 2.05) is 30.5 Å². The van der Waals surface area contributed by atoms with Crippen LogP contribution in [0.25, 0.3) is 0 Å². The van der Waals surface area contributed by atoms with Crippen molar-refractivity contribution < 1.29 is 18.7 Å². The van der Waals surface area contributed by atoms with E-state index in [0.29, 0.717) is 18.8 Å². The lowest BCUT2D eigenvalue weighted by Crippen LogP contribution is -2.36. The van der Waals surface area contributed by atoms with E-state index in [4.69, 9.17) is 9.47 Å². The zero-order valence-electron chi connectivity index (χ0n) is 19.0. The zero-order chi connectivity index (χ0) is 23.4. The highest BCUT2D eigenvalue weighted by Gasteiger charge is 2.46. The molecule has 0 aliphatic carbocycles. The third-order valence-corrected chi connectivity index (χ3v) is 6.53. The fourth-order valence-electron chi connectivity index (χ4n) is 4.73. The highest BCUT2D eigenvalue weighted by molar-refractivity contribution is 5.90. The molecular formula is C27H28FN3O3. The van der Waals surface area contributed by atoms with Gasteiger partial charge in [0.2, 0.25) is 0 Å². The van der Waals surface area contributed by atoms with Gasteiger partial charge < -0.3 is 9.47 Å². The van der Waals surface area contributed by atoms with Gasteiger partial charge in [-0.2, -0.15) is 0 Å². The maximum atomic E-state index is 13.3. The van der Waals surface area contributed by atoms with Crippen LogP contribution in [-0.4, -0.2) is 41.2 Å². The molecule has 2 fully saturated rings. The molecule has 6 nitrogen and oxygen atoms in total. The Morgan fingerprint density at radius 2 is 1.88 bits per heavy atom. The van der Waals surface area contributed by atoms with Crippen molar-refractivity contribution in [2.24, 2.45) is 0 Å². The minimum atomic E-state index is -0.491. The first kappa shape index (κ1) is 22.3. The topological polar surface area (TPSA) is 54.9 Å². The number of aromatic nitrogens is 1. The summed E-state index contributed by atoms with van der Waals surface area (Å²) in [4.78, 5) is 20.8. The van der Waals surface area contributed by atoms with Crippen molar-refractivity contribution in [3.8, 4) is 5.75 Å². The Hall–Kier alpha value is -3.45. The highest BCUT2D eigenvalue weighted by atomic mass is 19.1. The summed E-state index contributed by atoms with van der Waals surface area (Å²) in [6.45, 7) is 3.58. The second-order valence-electron chi connectivity index (χ2n) is 9.04. The van der Waals surface area contributed by atoms with Crippen LogP contribution in [0.15, 0.2) is 73.1 Å². The van der Waals surface area contributed by atoms with Crippen LogP contribution < -0.4 is 9.64 Å². The molecule has 2 saturated heterocycles. The quantitative estimate of drug-likeness (QED) is 0.506. The minimum Gasteiger partial charge on any atom is -0.489 e. The number of hydrogen-bond donors (Lipinski definition) is 0. The molecule has 1 spiro atoms. The lowest BCUT2D eigenvalue weighted by Gasteiger charge is -2.25. The lowest BCUT2D eigenvalue weighted by atomic mass is 9.95. The summed E-state index contributed by atoms with van der Waals surface area (Å²) >= 11 is 0. The van der Waals surface area contributed by atoms with E-state index in [1.54, 1.807) is 23.2 Å². The number of pyridine rings is 1. The molecule has 0 N–H and O–H groups in total. The number of amides is 1. The number of rotatable bonds is 6. The number of halogens is 1. The Bertz CT molecular complexity index is 1130. The molecule has 176 valence electrons. The minimum absolute atomic E-state index is 0.317. The normalized spacial score (nSPS) is 20.9. The monoisotopic (exact) mass is 461 g/mol. The first-order valence-electron chi connectivity index (χ1n) is 11.7. The third-order valence-electron chi connectivity index (χ3n) is 6.53. The van der Waals surface area contributed by atoms with Gasteiger partial charge in [-0.05, 0) is 67.4 Å². The second kappa shape index (κ2) is 9.81. The molecule has 5 rings (SSSR count). The number of ether oxygens (including phenoxy) is 2. The van der Waals surface area contributed by atoms with Crippen LogP contribution in [-0.2, 0) is 17.9 Å². The molecule has 0 bridgehead atoms. The summed E-state index contributed by atoms with van der Waals surface area (Å²) in [5.41, 5.74) is 2.41. The summed E-state index contributed by atoms with van der Waals surface area (Å²) in [6, 6.07) is 18.1. The number of benzene rings is 2. The first-order valence-corrected chi connectivity index (χ1v) is 11.7. The fourth-order valence-corrected chi connectivity index (χ4v) is 4.73. The first-order chi connectivity index (χ1) is 16.6. The molecule has 1 amide bonds. The molecule has 1 aromatic heterocycles. The van der Waals surface area contributed by atoms with Crippen LogP contribution in [0.3, 0.4) is 0 Å². The standard InChI is InChI=1S/C27H28FN3O3/c28-23-7-9-24(10-8-23)31-20-27(34-26(31)32)11-3-14-30(15-12-27)18-21-4-1-6-25(16-21)33-19-22-5-2-13-29-17-22/h1-2,4-10,13,16-17H,3,11-12,14-15,18-20H2/t27-/m0/s1. The number of likely N-dealkylation sites (tertiary alicyclic amines) is 1. The van der Waals surface area contributed by atoms with E-state index in [9.17, 15) is 9.18 Å². The van der Waals surface area contributed by atoms with Crippen molar-refractivity contribution in [1.82, 2.24) is 9.88 Å². The lowest BCUT2D eigenvalue weighted by molar-refractivity contribution is 0.0443.